The minimum Gasteiger partial charge on any atom is -0.468 e. The van der Waals surface area contributed by atoms with E-state index in [9.17, 15) is 18.3 Å². The molecule has 0 aliphatic heterocycles. The Morgan fingerprint density at radius 3 is 2.62 bits per heavy atom. The van der Waals surface area contributed by atoms with Gasteiger partial charge >= 0.3 is 5.97 Å². The van der Waals surface area contributed by atoms with Crippen molar-refractivity contribution in [3.8, 4) is 0 Å². The number of imidazole rings is 1. The molecule has 0 amide bonds. The Morgan fingerprint density at radius 2 is 2.10 bits per heavy atom. The lowest BCUT2D eigenvalue weighted by molar-refractivity contribution is -0.142. The van der Waals surface area contributed by atoms with Gasteiger partial charge in [0.2, 0.25) is 10.0 Å². The Balaban J connectivity index is 2.44. The zero-order valence-corrected chi connectivity index (χ0v) is 18.3. The van der Waals surface area contributed by atoms with Crippen LogP contribution in [0.2, 0.25) is 5.15 Å². The van der Waals surface area contributed by atoms with Gasteiger partial charge in [-0.05, 0) is 30.5 Å². The number of carbonyl (C=O) groups excluding carboxylic acids is 1. The van der Waals surface area contributed by atoms with Gasteiger partial charge in [0.1, 0.15) is 11.9 Å². The Hall–Kier alpha value is -1.94. The molecule has 160 valence electrons. The molecule has 0 bridgehead atoms. The second kappa shape index (κ2) is 9.71. The van der Waals surface area contributed by atoms with Crippen LogP contribution in [0.15, 0.2) is 29.1 Å². The third kappa shape index (κ3) is 5.36. The molecule has 29 heavy (non-hydrogen) atoms. The first-order chi connectivity index (χ1) is 14.0. The highest BCUT2D eigenvalue weighted by atomic mass is 35.5. The molecule has 2 unspecified atom stereocenters. The highest BCUT2D eigenvalue weighted by Gasteiger charge is 2.26. The first kappa shape index (κ1) is 21.8. The van der Waals surface area contributed by atoms with Crippen LogP contribution in [0.25, 0.3) is 0 Å². The van der Waals surface area contributed by atoms with Gasteiger partial charge in [0, 0.05) is 5.92 Å². The maximum atomic E-state index is 12.6. The quantitative estimate of drug-likeness (QED) is 0.511. The SMILES string of the molecule is [2H]c1cc(C(c2nc(Cl)c(CO)[nH]2)C(C)CC)ccc1S(=O)(=O)N[C@@H](C)C(=O)OC. The highest BCUT2D eigenvalue weighted by molar-refractivity contribution is 7.89. The van der Waals surface area contributed by atoms with Crippen LogP contribution in [-0.4, -0.2) is 42.6 Å². The number of esters is 1. The summed E-state index contributed by atoms with van der Waals surface area (Å²) in [6.45, 7) is 5.09. The van der Waals surface area contributed by atoms with E-state index in [4.69, 9.17) is 13.0 Å². The van der Waals surface area contributed by atoms with E-state index in [1.54, 1.807) is 6.07 Å². The number of halogens is 1. The summed E-state index contributed by atoms with van der Waals surface area (Å²) in [5.74, 6) is -0.382. The fourth-order valence-electron chi connectivity index (χ4n) is 2.96. The predicted molar refractivity (Wildman–Crippen MR) is 109 cm³/mol. The molecule has 1 aromatic carbocycles. The Morgan fingerprint density at radius 1 is 1.41 bits per heavy atom. The summed E-state index contributed by atoms with van der Waals surface area (Å²) in [4.78, 5) is 18.6. The van der Waals surface area contributed by atoms with E-state index in [2.05, 4.69) is 19.4 Å². The molecule has 0 radical (unpaired) electrons. The van der Waals surface area contributed by atoms with Crippen LogP contribution in [0.3, 0.4) is 0 Å². The van der Waals surface area contributed by atoms with Crippen LogP contribution in [-0.2, 0) is 26.2 Å². The summed E-state index contributed by atoms with van der Waals surface area (Å²) >= 11 is 6.06. The van der Waals surface area contributed by atoms with E-state index in [1.807, 2.05) is 13.8 Å². The number of benzene rings is 1. The van der Waals surface area contributed by atoms with Crippen LogP contribution in [0.5, 0.6) is 0 Å². The van der Waals surface area contributed by atoms with E-state index in [1.165, 1.54) is 19.1 Å². The lowest BCUT2D eigenvalue weighted by Crippen LogP contribution is -2.39. The molecule has 0 aliphatic carbocycles. The summed E-state index contributed by atoms with van der Waals surface area (Å²) in [7, 11) is -2.94. The van der Waals surface area contributed by atoms with Crippen molar-refractivity contribution in [2.45, 2.75) is 50.7 Å². The normalized spacial score (nSPS) is 15.4. The van der Waals surface area contributed by atoms with Crippen molar-refractivity contribution in [3.63, 3.8) is 0 Å². The topological polar surface area (TPSA) is 121 Å². The molecule has 0 saturated heterocycles. The molecular weight excluding hydrogens is 418 g/mol. The molecule has 3 atom stereocenters. The van der Waals surface area contributed by atoms with Crippen LogP contribution in [0.4, 0.5) is 0 Å². The van der Waals surface area contributed by atoms with Gasteiger partial charge in [-0.15, -0.1) is 0 Å². The molecule has 8 nitrogen and oxygen atoms in total. The van der Waals surface area contributed by atoms with E-state index < -0.39 is 22.0 Å². The van der Waals surface area contributed by atoms with Crippen molar-refractivity contribution in [1.82, 2.24) is 14.7 Å². The zero-order valence-electron chi connectivity index (χ0n) is 17.7. The molecular formula is C19H26ClN3O5S. The number of rotatable bonds is 9. The smallest absolute Gasteiger partial charge is 0.323 e. The number of carbonyl (C=O) groups is 1. The second-order valence-corrected chi connectivity index (χ2v) is 8.81. The van der Waals surface area contributed by atoms with E-state index in [0.29, 0.717) is 17.1 Å². The predicted octanol–water partition coefficient (Wildman–Crippen LogP) is 2.57. The van der Waals surface area contributed by atoms with Gasteiger partial charge in [0.25, 0.3) is 0 Å². The molecule has 0 aliphatic rings. The molecule has 1 heterocycles. The number of methoxy groups -OCH3 is 1. The number of hydrogen-bond donors (Lipinski definition) is 3. The van der Waals surface area contributed by atoms with Gasteiger partial charge in [-0.2, -0.15) is 4.72 Å². The standard InChI is InChI=1S/C19H26ClN3O5S/c1-5-11(2)16(18-21-15(10-24)17(20)22-18)13-6-8-14(9-7-13)29(26,27)23-12(3)19(25)28-4/h6-9,11-12,16,23-24H,5,10H2,1-4H3,(H,21,22)/t11?,12-,16?/m0/s1/i8D. The number of aromatic amines is 1. The van der Waals surface area contributed by atoms with E-state index in [0.717, 1.165) is 13.5 Å². The van der Waals surface area contributed by atoms with Gasteiger partial charge in [-0.3, -0.25) is 4.79 Å². The maximum Gasteiger partial charge on any atom is 0.323 e. The summed E-state index contributed by atoms with van der Waals surface area (Å²) < 4.78 is 40.2. The van der Waals surface area contributed by atoms with Crippen molar-refractivity contribution in [2.75, 3.05) is 7.11 Å². The number of nitrogens with one attached hydrogen (secondary N) is 2. The summed E-state index contributed by atoms with van der Waals surface area (Å²) in [5.41, 5.74) is 1.08. The van der Waals surface area contributed by atoms with Crippen molar-refractivity contribution in [1.29, 1.82) is 0 Å². The number of ether oxygens (including phenoxy) is 1. The van der Waals surface area contributed by atoms with Crippen LogP contribution in [0, 0.1) is 5.92 Å². The monoisotopic (exact) mass is 444 g/mol. The Bertz CT molecular complexity index is 1010. The number of hydrogen-bond acceptors (Lipinski definition) is 6. The number of aliphatic hydroxyl groups excluding tert-OH is 1. The fourth-order valence-corrected chi connectivity index (χ4v) is 4.30. The van der Waals surface area contributed by atoms with Gasteiger partial charge < -0.3 is 14.8 Å². The maximum absolute atomic E-state index is 12.6. The highest BCUT2D eigenvalue weighted by Crippen LogP contribution is 2.34. The third-order valence-electron chi connectivity index (χ3n) is 4.76. The van der Waals surface area contributed by atoms with Gasteiger partial charge in [0.05, 0.1) is 25.7 Å². The minimum absolute atomic E-state index is 0.0955. The summed E-state index contributed by atoms with van der Waals surface area (Å²) in [6.07, 6.45) is 0.795. The van der Waals surface area contributed by atoms with Gasteiger partial charge in [-0.1, -0.05) is 44.0 Å². The molecule has 10 heteroatoms. The summed E-state index contributed by atoms with van der Waals surface area (Å²) in [6, 6.07) is 3.10. The fraction of sp³-hybridized carbons (Fsp3) is 0.474. The average molecular weight is 445 g/mol. The Kier molecular flexibility index (Phi) is 7.28. The lowest BCUT2D eigenvalue weighted by atomic mass is 9.85. The van der Waals surface area contributed by atoms with Crippen molar-refractivity contribution >= 4 is 27.6 Å². The Labute approximate surface area is 177 Å². The largest absolute Gasteiger partial charge is 0.468 e. The molecule has 0 saturated carbocycles. The van der Waals surface area contributed by atoms with Crippen molar-refractivity contribution < 1.29 is 24.4 Å². The average Bonchev–Trinajstić information content (AvgIpc) is 3.06. The molecule has 0 spiro atoms. The number of sulfonamides is 1. The van der Waals surface area contributed by atoms with Crippen LogP contribution in [0.1, 0.15) is 51.6 Å². The van der Waals surface area contributed by atoms with Crippen LogP contribution < -0.4 is 4.72 Å². The molecule has 1 aromatic heterocycles. The zero-order chi connectivity index (χ0) is 22.6. The molecule has 2 rings (SSSR count). The number of nitrogens with zero attached hydrogens (tertiary/aromatic N) is 1. The molecule has 2 aromatic rings. The third-order valence-corrected chi connectivity index (χ3v) is 6.57. The molecule has 0 fully saturated rings. The first-order valence-electron chi connectivity index (χ1n) is 9.61. The van der Waals surface area contributed by atoms with Crippen molar-refractivity contribution in [3.05, 3.63) is 46.5 Å². The summed E-state index contributed by atoms with van der Waals surface area (Å²) in [5, 5.41) is 9.56. The van der Waals surface area contributed by atoms with Crippen molar-refractivity contribution in [2.24, 2.45) is 5.92 Å². The van der Waals surface area contributed by atoms with Gasteiger partial charge in [0.15, 0.2) is 5.15 Å². The number of H-pyrrole nitrogens is 1. The number of aliphatic hydroxyl groups is 1. The first-order valence-corrected chi connectivity index (χ1v) is 11.0. The second-order valence-electron chi connectivity index (χ2n) is 6.77. The minimum atomic E-state index is -4.10. The number of aromatic nitrogens is 2. The molecule has 3 N–H and O–H groups in total. The lowest BCUT2D eigenvalue weighted by Gasteiger charge is -2.22. The van der Waals surface area contributed by atoms with E-state index in [-0.39, 0.29) is 34.5 Å². The van der Waals surface area contributed by atoms with E-state index >= 15 is 0 Å². The van der Waals surface area contributed by atoms with Crippen LogP contribution >= 0.6 is 11.6 Å². The van der Waals surface area contributed by atoms with Gasteiger partial charge in [-0.25, -0.2) is 13.4 Å².